The topological polar surface area (TPSA) is 62.7 Å². The van der Waals surface area contributed by atoms with Gasteiger partial charge in [-0.3, -0.25) is 9.78 Å². The van der Waals surface area contributed by atoms with Gasteiger partial charge in [0.15, 0.2) is 0 Å². The van der Waals surface area contributed by atoms with E-state index >= 15 is 0 Å². The minimum absolute atomic E-state index is 0.111. The molecule has 1 saturated carbocycles. The molecule has 0 unspecified atom stereocenters. The Balaban J connectivity index is 1.75. The predicted molar refractivity (Wildman–Crippen MR) is 95.9 cm³/mol. The number of amides is 1. The fourth-order valence-corrected chi connectivity index (χ4v) is 3.30. The molecule has 2 aromatic rings. The lowest BCUT2D eigenvalue weighted by Crippen LogP contribution is -2.42. The Morgan fingerprint density at radius 3 is 2.60 bits per heavy atom. The maximum Gasteiger partial charge on any atom is 0.253 e. The molecular formula is C20H24N2O3. The Labute approximate surface area is 148 Å². The van der Waals surface area contributed by atoms with Crippen LogP contribution >= 0.6 is 0 Å². The van der Waals surface area contributed by atoms with Crippen molar-refractivity contribution in [3.63, 3.8) is 0 Å². The van der Waals surface area contributed by atoms with Crippen molar-refractivity contribution in [3.05, 3.63) is 53.9 Å². The summed E-state index contributed by atoms with van der Waals surface area (Å²) in [5.74, 6) is 1.21. The van der Waals surface area contributed by atoms with Gasteiger partial charge in [-0.1, -0.05) is 18.9 Å². The second kappa shape index (κ2) is 7.23. The Kier molecular flexibility index (Phi) is 5.04. The number of rotatable bonds is 5. The van der Waals surface area contributed by atoms with E-state index in [9.17, 15) is 9.90 Å². The molecule has 1 aliphatic rings. The number of benzene rings is 1. The zero-order valence-electron chi connectivity index (χ0n) is 14.7. The fourth-order valence-electron chi connectivity index (χ4n) is 3.30. The van der Waals surface area contributed by atoms with Gasteiger partial charge in [0.25, 0.3) is 5.91 Å². The Morgan fingerprint density at radius 2 is 1.92 bits per heavy atom. The third kappa shape index (κ3) is 4.17. The molecule has 132 valence electrons. The fraction of sp³-hybridized carbons (Fsp3) is 0.400. The van der Waals surface area contributed by atoms with Crippen LogP contribution in [0.3, 0.4) is 0 Å². The molecule has 1 aromatic carbocycles. The normalized spacial score (nSPS) is 15.8. The van der Waals surface area contributed by atoms with Crippen molar-refractivity contribution in [1.82, 2.24) is 9.88 Å². The van der Waals surface area contributed by atoms with Crippen molar-refractivity contribution in [2.24, 2.45) is 0 Å². The third-order valence-corrected chi connectivity index (χ3v) is 4.73. The van der Waals surface area contributed by atoms with Gasteiger partial charge in [0, 0.05) is 31.5 Å². The van der Waals surface area contributed by atoms with Crippen molar-refractivity contribution in [1.29, 1.82) is 0 Å². The van der Waals surface area contributed by atoms with E-state index in [2.05, 4.69) is 4.98 Å². The molecular weight excluding hydrogens is 316 g/mol. The molecule has 25 heavy (non-hydrogen) atoms. The maximum atomic E-state index is 12.7. The summed E-state index contributed by atoms with van der Waals surface area (Å²) in [7, 11) is 1.74. The van der Waals surface area contributed by atoms with Gasteiger partial charge >= 0.3 is 0 Å². The standard InChI is InChI=1S/C20H24N2O3/c1-15-5-6-16(13-18(15)25-17-7-11-21-12-8-17)19(23)22(2)14-20(24)9-3-4-10-20/h5-8,11-13,24H,3-4,9-10,14H2,1-2H3. The van der Waals surface area contributed by atoms with E-state index in [4.69, 9.17) is 4.74 Å². The predicted octanol–water partition coefficient (Wildman–Crippen LogP) is 3.56. The second-order valence-electron chi connectivity index (χ2n) is 6.86. The highest BCUT2D eigenvalue weighted by Gasteiger charge is 2.33. The molecule has 0 bridgehead atoms. The van der Waals surface area contributed by atoms with Crippen LogP contribution in [0.25, 0.3) is 0 Å². The average Bonchev–Trinajstić information content (AvgIpc) is 3.03. The first kappa shape index (κ1) is 17.4. The van der Waals surface area contributed by atoms with E-state index in [1.807, 2.05) is 13.0 Å². The SMILES string of the molecule is Cc1ccc(C(=O)N(C)CC2(O)CCCC2)cc1Oc1ccncc1. The van der Waals surface area contributed by atoms with Gasteiger partial charge < -0.3 is 14.7 Å². The summed E-state index contributed by atoms with van der Waals surface area (Å²) in [6.07, 6.45) is 6.88. The first-order valence-corrected chi connectivity index (χ1v) is 8.63. The summed E-state index contributed by atoms with van der Waals surface area (Å²) < 4.78 is 5.87. The largest absolute Gasteiger partial charge is 0.457 e. The first-order valence-electron chi connectivity index (χ1n) is 8.63. The van der Waals surface area contributed by atoms with Crippen molar-refractivity contribution >= 4 is 5.91 Å². The average molecular weight is 340 g/mol. The number of carbonyl (C=O) groups excluding carboxylic acids is 1. The molecule has 5 heteroatoms. The minimum Gasteiger partial charge on any atom is -0.457 e. The first-order chi connectivity index (χ1) is 12.0. The molecule has 1 fully saturated rings. The number of nitrogens with zero attached hydrogens (tertiary/aromatic N) is 2. The number of carbonyl (C=O) groups is 1. The molecule has 3 rings (SSSR count). The molecule has 1 heterocycles. The maximum absolute atomic E-state index is 12.7. The Morgan fingerprint density at radius 1 is 1.24 bits per heavy atom. The number of likely N-dealkylation sites (N-methyl/N-ethyl adjacent to an activating group) is 1. The van der Waals surface area contributed by atoms with Crippen LogP contribution in [-0.2, 0) is 0 Å². The van der Waals surface area contributed by atoms with Crippen LogP contribution in [0.2, 0.25) is 0 Å². The van der Waals surface area contributed by atoms with Crippen LogP contribution in [-0.4, -0.2) is 40.1 Å². The van der Waals surface area contributed by atoms with Gasteiger partial charge in [0.1, 0.15) is 11.5 Å². The van der Waals surface area contributed by atoms with Crippen molar-refractivity contribution < 1.29 is 14.6 Å². The van der Waals surface area contributed by atoms with Crippen molar-refractivity contribution in [2.75, 3.05) is 13.6 Å². The number of pyridine rings is 1. The molecule has 0 aliphatic heterocycles. The van der Waals surface area contributed by atoms with Crippen LogP contribution in [0.1, 0.15) is 41.6 Å². The van der Waals surface area contributed by atoms with Crippen LogP contribution in [0, 0.1) is 6.92 Å². The molecule has 0 spiro atoms. The monoisotopic (exact) mass is 340 g/mol. The zero-order chi connectivity index (χ0) is 17.9. The molecule has 1 amide bonds. The molecule has 1 aliphatic carbocycles. The van der Waals surface area contributed by atoms with Gasteiger partial charge in [-0.15, -0.1) is 0 Å². The number of aliphatic hydroxyl groups is 1. The number of ether oxygens (including phenoxy) is 1. The van der Waals surface area contributed by atoms with Crippen LogP contribution < -0.4 is 4.74 Å². The van der Waals surface area contributed by atoms with Gasteiger partial charge in [0.05, 0.1) is 5.60 Å². The number of aromatic nitrogens is 1. The van der Waals surface area contributed by atoms with E-state index in [0.29, 0.717) is 23.6 Å². The Bertz CT molecular complexity index is 740. The summed E-state index contributed by atoms with van der Waals surface area (Å²) in [5, 5.41) is 10.5. The molecule has 0 atom stereocenters. The summed E-state index contributed by atoms with van der Waals surface area (Å²) in [6, 6.07) is 8.98. The number of hydrogen-bond donors (Lipinski definition) is 1. The van der Waals surface area contributed by atoms with E-state index in [-0.39, 0.29) is 5.91 Å². The molecule has 0 saturated heterocycles. The highest BCUT2D eigenvalue weighted by molar-refractivity contribution is 5.94. The van der Waals surface area contributed by atoms with Gasteiger partial charge in [-0.25, -0.2) is 0 Å². The van der Waals surface area contributed by atoms with Gasteiger partial charge in [0.2, 0.25) is 0 Å². The smallest absolute Gasteiger partial charge is 0.253 e. The highest BCUT2D eigenvalue weighted by atomic mass is 16.5. The van der Waals surface area contributed by atoms with Crippen LogP contribution in [0.5, 0.6) is 11.5 Å². The Hall–Kier alpha value is -2.40. The lowest BCUT2D eigenvalue weighted by molar-refractivity contribution is 0.0156. The number of hydrogen-bond acceptors (Lipinski definition) is 4. The molecule has 1 N–H and O–H groups in total. The second-order valence-corrected chi connectivity index (χ2v) is 6.86. The van der Waals surface area contributed by atoms with E-state index in [1.54, 1.807) is 48.6 Å². The zero-order valence-corrected chi connectivity index (χ0v) is 14.7. The van der Waals surface area contributed by atoms with Crippen LogP contribution in [0.4, 0.5) is 0 Å². The van der Waals surface area contributed by atoms with Gasteiger partial charge in [-0.05, 0) is 49.6 Å². The molecule has 0 radical (unpaired) electrons. The van der Waals surface area contributed by atoms with Crippen molar-refractivity contribution in [3.8, 4) is 11.5 Å². The highest BCUT2D eigenvalue weighted by Crippen LogP contribution is 2.31. The molecule has 5 nitrogen and oxygen atoms in total. The van der Waals surface area contributed by atoms with Gasteiger partial charge in [-0.2, -0.15) is 0 Å². The summed E-state index contributed by atoms with van der Waals surface area (Å²) in [6.45, 7) is 2.30. The van der Waals surface area contributed by atoms with Crippen molar-refractivity contribution in [2.45, 2.75) is 38.2 Å². The van der Waals surface area contributed by atoms with E-state index < -0.39 is 5.60 Å². The number of aryl methyl sites for hydroxylation is 1. The lowest BCUT2D eigenvalue weighted by Gasteiger charge is -2.28. The quantitative estimate of drug-likeness (QED) is 0.904. The summed E-state index contributed by atoms with van der Waals surface area (Å²) in [5.41, 5.74) is 0.759. The molecule has 1 aromatic heterocycles. The lowest BCUT2D eigenvalue weighted by atomic mass is 10.0. The summed E-state index contributed by atoms with van der Waals surface area (Å²) >= 11 is 0. The van der Waals surface area contributed by atoms with Crippen LogP contribution in [0.15, 0.2) is 42.7 Å². The van der Waals surface area contributed by atoms with E-state index in [0.717, 1.165) is 31.2 Å². The third-order valence-electron chi connectivity index (χ3n) is 4.73. The minimum atomic E-state index is -0.745. The van der Waals surface area contributed by atoms with E-state index in [1.165, 1.54) is 0 Å². The summed E-state index contributed by atoms with van der Waals surface area (Å²) in [4.78, 5) is 18.3.